The molecule has 0 unspecified atom stereocenters. The molecule has 4 aliphatic rings. The highest BCUT2D eigenvalue weighted by Crippen LogP contribution is 2.40. The van der Waals surface area contributed by atoms with Crippen LogP contribution in [0, 0.1) is 11.3 Å². The monoisotopic (exact) mass is 391 g/mol. The van der Waals surface area contributed by atoms with Gasteiger partial charge in [-0.1, -0.05) is 19.3 Å². The third-order valence-electron chi connectivity index (χ3n) is 7.92. The van der Waals surface area contributed by atoms with Gasteiger partial charge in [0.2, 0.25) is 5.91 Å². The normalized spacial score (nSPS) is 31.6. The SMILES string of the molecule is CC(C)(CN1CCC[C@@]2(CCN(C(=O)C3CCCCC3)C2)C1)N1CCOCC1. The Labute approximate surface area is 171 Å². The molecule has 4 fully saturated rings. The summed E-state index contributed by atoms with van der Waals surface area (Å²) in [7, 11) is 0. The molecule has 0 aromatic carbocycles. The lowest BCUT2D eigenvalue weighted by Crippen LogP contribution is -2.57. The van der Waals surface area contributed by atoms with Gasteiger partial charge in [0.1, 0.15) is 0 Å². The van der Waals surface area contributed by atoms with E-state index in [1.807, 2.05) is 0 Å². The number of morpholine rings is 1. The van der Waals surface area contributed by atoms with Gasteiger partial charge in [-0.25, -0.2) is 0 Å². The molecule has 1 aliphatic carbocycles. The first-order valence-electron chi connectivity index (χ1n) is 11.8. The molecule has 0 aromatic heterocycles. The van der Waals surface area contributed by atoms with Crippen molar-refractivity contribution in [2.75, 3.05) is 59.0 Å². The molecule has 1 saturated carbocycles. The number of rotatable bonds is 4. The molecule has 3 aliphatic heterocycles. The summed E-state index contributed by atoms with van der Waals surface area (Å²) in [6.45, 7) is 14.2. The molecule has 3 saturated heterocycles. The maximum Gasteiger partial charge on any atom is 0.225 e. The fraction of sp³-hybridized carbons (Fsp3) is 0.957. The van der Waals surface area contributed by atoms with E-state index in [9.17, 15) is 4.79 Å². The summed E-state index contributed by atoms with van der Waals surface area (Å²) < 4.78 is 5.55. The van der Waals surface area contributed by atoms with E-state index in [2.05, 4.69) is 28.5 Å². The fourth-order valence-electron chi connectivity index (χ4n) is 6.33. The first-order valence-corrected chi connectivity index (χ1v) is 11.8. The standard InChI is InChI=1S/C23H41N3O2/c1-22(2,26-13-15-28-16-14-26)17-24-11-6-9-23(18-24)10-12-25(19-23)21(27)20-7-4-3-5-8-20/h20H,3-19H2,1-2H3/t23-/m1/s1. The van der Waals surface area contributed by atoms with Crippen LogP contribution < -0.4 is 0 Å². The summed E-state index contributed by atoms with van der Waals surface area (Å²) in [5, 5.41) is 0. The van der Waals surface area contributed by atoms with E-state index in [0.29, 0.717) is 17.2 Å². The zero-order valence-corrected chi connectivity index (χ0v) is 18.3. The minimum Gasteiger partial charge on any atom is -0.379 e. The van der Waals surface area contributed by atoms with Gasteiger partial charge in [0, 0.05) is 56.1 Å². The van der Waals surface area contributed by atoms with E-state index in [4.69, 9.17) is 4.74 Å². The Morgan fingerprint density at radius 3 is 2.46 bits per heavy atom. The van der Waals surface area contributed by atoms with Crippen LogP contribution in [0.25, 0.3) is 0 Å². The number of carbonyl (C=O) groups excluding carboxylic acids is 1. The smallest absolute Gasteiger partial charge is 0.225 e. The van der Waals surface area contributed by atoms with Crippen LogP contribution in [-0.2, 0) is 9.53 Å². The Hall–Kier alpha value is -0.650. The van der Waals surface area contributed by atoms with Crippen LogP contribution in [0.4, 0.5) is 0 Å². The van der Waals surface area contributed by atoms with Crippen LogP contribution in [-0.4, -0.2) is 85.2 Å². The number of carbonyl (C=O) groups is 1. The van der Waals surface area contributed by atoms with Crippen molar-refractivity contribution in [2.45, 2.75) is 70.8 Å². The predicted octanol–water partition coefficient (Wildman–Crippen LogP) is 2.99. The zero-order valence-electron chi connectivity index (χ0n) is 18.3. The number of amides is 1. The van der Waals surface area contributed by atoms with E-state index in [1.165, 1.54) is 51.6 Å². The van der Waals surface area contributed by atoms with Crippen LogP contribution in [0.15, 0.2) is 0 Å². The van der Waals surface area contributed by atoms with E-state index >= 15 is 0 Å². The second-order valence-corrected chi connectivity index (χ2v) is 10.6. The molecule has 1 amide bonds. The molecular formula is C23H41N3O2. The highest BCUT2D eigenvalue weighted by atomic mass is 16.5. The average Bonchev–Trinajstić information content (AvgIpc) is 3.11. The summed E-state index contributed by atoms with van der Waals surface area (Å²) in [5.74, 6) is 0.797. The third kappa shape index (κ3) is 4.57. The number of piperidine rings is 1. The topological polar surface area (TPSA) is 36.0 Å². The maximum atomic E-state index is 13.0. The van der Waals surface area contributed by atoms with Crippen molar-refractivity contribution in [3.8, 4) is 0 Å². The number of likely N-dealkylation sites (tertiary alicyclic amines) is 2. The first kappa shape index (κ1) is 20.6. The Balaban J connectivity index is 1.33. The van der Waals surface area contributed by atoms with Crippen molar-refractivity contribution in [1.82, 2.24) is 14.7 Å². The van der Waals surface area contributed by atoms with Crippen molar-refractivity contribution in [3.05, 3.63) is 0 Å². The van der Waals surface area contributed by atoms with Gasteiger partial charge in [-0.3, -0.25) is 9.69 Å². The highest BCUT2D eigenvalue weighted by Gasteiger charge is 2.44. The second-order valence-electron chi connectivity index (χ2n) is 10.6. The minimum atomic E-state index is 0.193. The van der Waals surface area contributed by atoms with E-state index in [1.54, 1.807) is 0 Å². The van der Waals surface area contributed by atoms with Crippen LogP contribution in [0.2, 0.25) is 0 Å². The van der Waals surface area contributed by atoms with Crippen LogP contribution in [0.5, 0.6) is 0 Å². The lowest BCUT2D eigenvalue weighted by Gasteiger charge is -2.47. The second kappa shape index (κ2) is 8.61. The quantitative estimate of drug-likeness (QED) is 0.738. The fourth-order valence-corrected chi connectivity index (χ4v) is 6.33. The number of ether oxygens (including phenoxy) is 1. The molecule has 3 heterocycles. The molecule has 0 aromatic rings. The molecular weight excluding hydrogens is 350 g/mol. The van der Waals surface area contributed by atoms with Gasteiger partial charge < -0.3 is 14.5 Å². The van der Waals surface area contributed by atoms with Gasteiger partial charge in [0.25, 0.3) is 0 Å². The lowest BCUT2D eigenvalue weighted by molar-refractivity contribution is -0.136. The molecule has 5 nitrogen and oxygen atoms in total. The summed E-state index contributed by atoms with van der Waals surface area (Å²) in [5.41, 5.74) is 0.544. The molecule has 0 N–H and O–H groups in total. The van der Waals surface area contributed by atoms with Gasteiger partial charge in [0.05, 0.1) is 13.2 Å². The van der Waals surface area contributed by atoms with Gasteiger partial charge >= 0.3 is 0 Å². The largest absolute Gasteiger partial charge is 0.379 e. The average molecular weight is 392 g/mol. The molecule has 1 spiro atoms. The van der Waals surface area contributed by atoms with Crippen LogP contribution >= 0.6 is 0 Å². The predicted molar refractivity (Wildman–Crippen MR) is 112 cm³/mol. The number of nitrogens with zero attached hydrogens (tertiary/aromatic N) is 3. The molecule has 28 heavy (non-hydrogen) atoms. The maximum absolute atomic E-state index is 13.0. The number of hydrogen-bond acceptors (Lipinski definition) is 4. The van der Waals surface area contributed by atoms with Gasteiger partial charge in [-0.15, -0.1) is 0 Å². The molecule has 5 heteroatoms. The van der Waals surface area contributed by atoms with Crippen molar-refractivity contribution < 1.29 is 9.53 Å². The summed E-state index contributed by atoms with van der Waals surface area (Å²) in [4.78, 5) is 20.6. The molecule has 0 radical (unpaired) electrons. The number of hydrogen-bond donors (Lipinski definition) is 0. The van der Waals surface area contributed by atoms with Gasteiger partial charge in [-0.2, -0.15) is 0 Å². The lowest BCUT2D eigenvalue weighted by atomic mass is 9.78. The van der Waals surface area contributed by atoms with Crippen LogP contribution in [0.1, 0.15) is 65.2 Å². The Bertz CT molecular complexity index is 540. The Morgan fingerprint density at radius 2 is 1.71 bits per heavy atom. The van der Waals surface area contributed by atoms with Crippen molar-refractivity contribution in [3.63, 3.8) is 0 Å². The minimum absolute atomic E-state index is 0.193. The van der Waals surface area contributed by atoms with Crippen molar-refractivity contribution in [2.24, 2.45) is 11.3 Å². The van der Waals surface area contributed by atoms with E-state index in [0.717, 1.165) is 58.8 Å². The summed E-state index contributed by atoms with van der Waals surface area (Å²) >= 11 is 0. The molecule has 0 bridgehead atoms. The van der Waals surface area contributed by atoms with Crippen molar-refractivity contribution >= 4 is 5.91 Å². The molecule has 160 valence electrons. The van der Waals surface area contributed by atoms with E-state index < -0.39 is 0 Å². The highest BCUT2D eigenvalue weighted by molar-refractivity contribution is 5.79. The zero-order chi connectivity index (χ0) is 19.6. The van der Waals surface area contributed by atoms with E-state index in [-0.39, 0.29) is 5.54 Å². The third-order valence-corrected chi connectivity index (χ3v) is 7.92. The Kier molecular flexibility index (Phi) is 6.34. The van der Waals surface area contributed by atoms with Gasteiger partial charge in [-0.05, 0) is 52.5 Å². The van der Waals surface area contributed by atoms with Crippen LogP contribution in [0.3, 0.4) is 0 Å². The first-order chi connectivity index (χ1) is 13.5. The summed E-state index contributed by atoms with van der Waals surface area (Å²) in [6, 6.07) is 0. The molecule has 4 rings (SSSR count). The summed E-state index contributed by atoms with van der Waals surface area (Å²) in [6.07, 6.45) is 9.87. The molecule has 1 atom stereocenters. The van der Waals surface area contributed by atoms with Crippen molar-refractivity contribution in [1.29, 1.82) is 0 Å². The Morgan fingerprint density at radius 1 is 0.964 bits per heavy atom. The van der Waals surface area contributed by atoms with Gasteiger partial charge in [0.15, 0.2) is 0 Å².